The number of nitrogens with two attached hydrogens (primary N) is 1. The van der Waals surface area contributed by atoms with Crippen LogP contribution in [-0.2, 0) is 14.3 Å². The molecule has 2 saturated heterocycles. The quantitative estimate of drug-likeness (QED) is 0.772. The number of carbonyl (C=O) groups excluding carboxylic acids is 3. The average molecular weight is 401 g/mol. The zero-order chi connectivity index (χ0) is 19.7. The van der Waals surface area contributed by atoms with Gasteiger partial charge in [-0.3, -0.25) is 14.5 Å². The minimum absolute atomic E-state index is 0.0752. The van der Waals surface area contributed by atoms with Crippen LogP contribution in [0.2, 0.25) is 0 Å². The number of Topliss-reactive ketones (excluding diaryl/α,β-unsaturated/α-hetero) is 1. The van der Waals surface area contributed by atoms with E-state index in [9.17, 15) is 14.4 Å². The number of thiophene rings is 1. The molecule has 4 rings (SSSR count). The Balaban J connectivity index is 1.41. The number of carbonyl (C=O) groups is 3. The summed E-state index contributed by atoms with van der Waals surface area (Å²) in [6, 6.07) is 10.5. The van der Waals surface area contributed by atoms with Crippen LogP contribution in [0.25, 0.3) is 0 Å². The number of hydrogen-bond acceptors (Lipinski definition) is 7. The van der Waals surface area contributed by atoms with Crippen molar-refractivity contribution in [3.63, 3.8) is 0 Å². The van der Waals surface area contributed by atoms with E-state index < -0.39 is 12.2 Å². The highest BCUT2D eigenvalue weighted by atomic mass is 32.1. The Hall–Kier alpha value is -2.91. The van der Waals surface area contributed by atoms with Crippen molar-refractivity contribution in [3.8, 4) is 0 Å². The number of nitrogens with zero attached hydrogens (tertiary/aromatic N) is 2. The molecule has 3 heterocycles. The van der Waals surface area contributed by atoms with Crippen molar-refractivity contribution in [2.24, 2.45) is 0 Å². The standard InChI is InChI=1S/C19H19N3O5S/c20-17-6-5-16(28-17)15(23)9-14-10-22(19(25)27-14)13-3-1-12(2-4-13)21-7-8-26-11-18(21)24/h1-6,14H,7-11,20H2/t14-/m0/s1. The largest absolute Gasteiger partial charge is 0.443 e. The van der Waals surface area contributed by atoms with Crippen LogP contribution in [-0.4, -0.2) is 50.2 Å². The molecule has 2 amide bonds. The molecular weight excluding hydrogens is 382 g/mol. The van der Waals surface area contributed by atoms with Gasteiger partial charge in [-0.05, 0) is 36.4 Å². The second-order valence-corrected chi connectivity index (χ2v) is 7.68. The molecule has 0 bridgehead atoms. The van der Waals surface area contributed by atoms with Crippen molar-refractivity contribution in [1.82, 2.24) is 0 Å². The molecule has 9 heteroatoms. The van der Waals surface area contributed by atoms with Crippen molar-refractivity contribution < 1.29 is 23.9 Å². The third-order valence-electron chi connectivity index (χ3n) is 4.65. The maximum absolute atomic E-state index is 12.3. The van der Waals surface area contributed by atoms with Gasteiger partial charge in [0, 0.05) is 17.9 Å². The van der Waals surface area contributed by atoms with Gasteiger partial charge in [0.15, 0.2) is 5.78 Å². The zero-order valence-electron chi connectivity index (χ0n) is 15.0. The first-order chi connectivity index (χ1) is 13.5. The van der Waals surface area contributed by atoms with E-state index in [-0.39, 0.29) is 24.7 Å². The van der Waals surface area contributed by atoms with Crippen LogP contribution in [0.4, 0.5) is 21.2 Å². The first-order valence-electron chi connectivity index (χ1n) is 8.86. The zero-order valence-corrected chi connectivity index (χ0v) is 15.8. The molecule has 8 nitrogen and oxygen atoms in total. The Morgan fingerprint density at radius 3 is 2.46 bits per heavy atom. The van der Waals surface area contributed by atoms with Crippen LogP contribution in [0.5, 0.6) is 0 Å². The lowest BCUT2D eigenvalue weighted by Crippen LogP contribution is -2.41. The molecule has 28 heavy (non-hydrogen) atoms. The van der Waals surface area contributed by atoms with E-state index in [4.69, 9.17) is 15.2 Å². The predicted molar refractivity (Wildman–Crippen MR) is 105 cm³/mol. The molecule has 2 aromatic rings. The molecule has 0 saturated carbocycles. The number of nitrogen functional groups attached to an aromatic ring is 1. The first-order valence-corrected chi connectivity index (χ1v) is 9.68. The molecule has 0 unspecified atom stereocenters. The molecule has 146 valence electrons. The Kier molecular flexibility index (Phi) is 5.01. The van der Waals surface area contributed by atoms with E-state index >= 15 is 0 Å². The molecule has 2 aliphatic rings. The third kappa shape index (κ3) is 3.71. The van der Waals surface area contributed by atoms with Crippen LogP contribution in [0.3, 0.4) is 0 Å². The second kappa shape index (κ2) is 7.61. The molecule has 1 aromatic carbocycles. The highest BCUT2D eigenvalue weighted by Crippen LogP contribution is 2.28. The first kappa shape index (κ1) is 18.5. The van der Waals surface area contributed by atoms with Gasteiger partial charge in [0.1, 0.15) is 12.7 Å². The minimum Gasteiger partial charge on any atom is -0.443 e. The number of cyclic esters (lactones) is 1. The Morgan fingerprint density at radius 1 is 1.11 bits per heavy atom. The van der Waals surface area contributed by atoms with Crippen LogP contribution in [0.15, 0.2) is 36.4 Å². The summed E-state index contributed by atoms with van der Waals surface area (Å²) in [5.74, 6) is -0.185. The molecule has 2 N–H and O–H groups in total. The number of ether oxygens (including phenoxy) is 2. The van der Waals surface area contributed by atoms with E-state index in [1.165, 1.54) is 16.2 Å². The van der Waals surface area contributed by atoms with Gasteiger partial charge in [-0.1, -0.05) is 0 Å². The second-order valence-electron chi connectivity index (χ2n) is 6.56. The fourth-order valence-electron chi connectivity index (χ4n) is 3.25. The Morgan fingerprint density at radius 2 is 1.82 bits per heavy atom. The van der Waals surface area contributed by atoms with Gasteiger partial charge in [-0.15, -0.1) is 11.3 Å². The van der Waals surface area contributed by atoms with E-state index in [1.54, 1.807) is 41.3 Å². The lowest BCUT2D eigenvalue weighted by atomic mass is 10.1. The summed E-state index contributed by atoms with van der Waals surface area (Å²) in [5, 5.41) is 0.576. The smallest absolute Gasteiger partial charge is 0.414 e. The van der Waals surface area contributed by atoms with Crippen molar-refractivity contribution in [1.29, 1.82) is 0 Å². The number of amides is 2. The summed E-state index contributed by atoms with van der Waals surface area (Å²) in [6.07, 6.45) is -0.884. The lowest BCUT2D eigenvalue weighted by molar-refractivity contribution is -0.125. The van der Waals surface area contributed by atoms with E-state index in [0.717, 1.165) is 5.69 Å². The minimum atomic E-state index is -0.510. The number of benzene rings is 1. The van der Waals surface area contributed by atoms with Crippen LogP contribution in [0, 0.1) is 0 Å². The van der Waals surface area contributed by atoms with Gasteiger partial charge >= 0.3 is 6.09 Å². The molecule has 2 aliphatic heterocycles. The number of morpholine rings is 1. The maximum atomic E-state index is 12.3. The molecule has 2 fully saturated rings. The molecule has 1 aromatic heterocycles. The predicted octanol–water partition coefficient (Wildman–Crippen LogP) is 2.29. The van der Waals surface area contributed by atoms with Gasteiger partial charge in [0.25, 0.3) is 5.91 Å². The van der Waals surface area contributed by atoms with Crippen molar-refractivity contribution >= 4 is 45.5 Å². The fourth-order valence-corrected chi connectivity index (χ4v) is 3.98. The van der Waals surface area contributed by atoms with Crippen molar-refractivity contribution in [2.75, 3.05) is 41.8 Å². The SMILES string of the molecule is Nc1ccc(C(=O)C[C@H]2CN(c3ccc(N4CCOCC4=O)cc3)C(=O)O2)s1. The Labute approximate surface area is 165 Å². The van der Waals surface area contributed by atoms with Gasteiger partial charge < -0.3 is 20.1 Å². The van der Waals surface area contributed by atoms with Crippen LogP contribution < -0.4 is 15.5 Å². The molecule has 1 atom stereocenters. The summed E-state index contributed by atoms with van der Waals surface area (Å²) < 4.78 is 10.5. The average Bonchev–Trinajstić information content (AvgIpc) is 3.28. The van der Waals surface area contributed by atoms with E-state index in [0.29, 0.717) is 35.3 Å². The van der Waals surface area contributed by atoms with E-state index in [1.807, 2.05) is 0 Å². The normalized spacial score (nSPS) is 19.8. The van der Waals surface area contributed by atoms with Crippen molar-refractivity contribution in [2.45, 2.75) is 12.5 Å². The fraction of sp³-hybridized carbons (Fsp3) is 0.316. The van der Waals surface area contributed by atoms with E-state index in [2.05, 4.69) is 0 Å². The summed E-state index contributed by atoms with van der Waals surface area (Å²) >= 11 is 1.23. The topological polar surface area (TPSA) is 102 Å². The summed E-state index contributed by atoms with van der Waals surface area (Å²) in [7, 11) is 0. The highest BCUT2D eigenvalue weighted by molar-refractivity contribution is 7.17. The number of rotatable bonds is 5. The van der Waals surface area contributed by atoms with Gasteiger partial charge in [-0.25, -0.2) is 4.79 Å². The van der Waals surface area contributed by atoms with Crippen LogP contribution >= 0.6 is 11.3 Å². The number of ketones is 1. The number of hydrogen-bond donors (Lipinski definition) is 1. The van der Waals surface area contributed by atoms with Gasteiger partial charge in [0.2, 0.25) is 0 Å². The highest BCUT2D eigenvalue weighted by Gasteiger charge is 2.34. The lowest BCUT2D eigenvalue weighted by Gasteiger charge is -2.27. The third-order valence-corrected chi connectivity index (χ3v) is 5.60. The molecular formula is C19H19N3O5S. The van der Waals surface area contributed by atoms with Crippen molar-refractivity contribution in [3.05, 3.63) is 41.3 Å². The summed E-state index contributed by atoms with van der Waals surface area (Å²) in [5.41, 5.74) is 7.07. The van der Waals surface area contributed by atoms with Gasteiger partial charge in [-0.2, -0.15) is 0 Å². The monoisotopic (exact) mass is 401 g/mol. The summed E-state index contributed by atoms with van der Waals surface area (Å²) in [4.78, 5) is 40.2. The van der Waals surface area contributed by atoms with Crippen LogP contribution in [0.1, 0.15) is 16.1 Å². The molecule has 0 radical (unpaired) electrons. The summed E-state index contributed by atoms with van der Waals surface area (Å²) in [6.45, 7) is 1.37. The Bertz CT molecular complexity index is 911. The van der Waals surface area contributed by atoms with Gasteiger partial charge in [0.05, 0.1) is 29.5 Å². The molecule has 0 spiro atoms. The number of anilines is 3. The maximum Gasteiger partial charge on any atom is 0.414 e. The molecule has 0 aliphatic carbocycles.